The number of hydrogen-bond donors (Lipinski definition) is 0. The third kappa shape index (κ3) is 1.27. The first-order valence-electron chi connectivity index (χ1n) is 4.55. The van der Waals surface area contributed by atoms with Crippen LogP contribution in [0.5, 0.6) is 0 Å². The molecule has 0 saturated carbocycles. The Morgan fingerprint density at radius 1 is 1.07 bits per heavy atom. The van der Waals surface area contributed by atoms with Crippen LogP contribution in [0.3, 0.4) is 0 Å². The molecule has 4 heteroatoms. The number of benzene rings is 1. The molecule has 0 aliphatic rings. The second-order valence-corrected chi connectivity index (χ2v) is 3.12. The van der Waals surface area contributed by atoms with Gasteiger partial charge >= 0.3 is 0 Å². The van der Waals surface area contributed by atoms with E-state index in [1.807, 2.05) is 30.3 Å². The van der Waals surface area contributed by atoms with Gasteiger partial charge in [-0.1, -0.05) is 18.2 Å². The Morgan fingerprint density at radius 3 is 2.87 bits per heavy atom. The Hall–Kier alpha value is -2.23. The molecule has 15 heavy (non-hydrogen) atoms. The molecule has 0 radical (unpaired) electrons. The van der Waals surface area contributed by atoms with E-state index in [9.17, 15) is 0 Å². The summed E-state index contributed by atoms with van der Waals surface area (Å²) < 4.78 is 5.18. The largest absolute Gasteiger partial charge is 0.423 e. The molecule has 0 saturated heterocycles. The minimum absolute atomic E-state index is 0.522. The van der Waals surface area contributed by atoms with Crippen molar-refractivity contribution in [1.29, 1.82) is 0 Å². The fraction of sp³-hybridized carbons (Fsp3) is 0. The van der Waals surface area contributed by atoms with Gasteiger partial charge in [0, 0.05) is 17.1 Å². The second-order valence-electron chi connectivity index (χ2n) is 3.12. The molecule has 2 heterocycles. The average Bonchev–Trinajstić information content (AvgIpc) is 2.82. The lowest BCUT2D eigenvalue weighted by Gasteiger charge is -2.00. The summed E-state index contributed by atoms with van der Waals surface area (Å²) in [4.78, 5) is 4.26. The highest BCUT2D eigenvalue weighted by molar-refractivity contribution is 5.91. The molecule has 0 aliphatic heterocycles. The van der Waals surface area contributed by atoms with Gasteiger partial charge in [-0.15, -0.1) is 10.2 Å². The van der Waals surface area contributed by atoms with E-state index in [0.717, 1.165) is 16.5 Å². The van der Waals surface area contributed by atoms with E-state index < -0.39 is 0 Å². The van der Waals surface area contributed by atoms with Gasteiger partial charge in [-0.3, -0.25) is 4.98 Å². The van der Waals surface area contributed by atoms with E-state index in [0.29, 0.717) is 5.89 Å². The maximum absolute atomic E-state index is 5.18. The van der Waals surface area contributed by atoms with Crippen LogP contribution in [0.25, 0.3) is 22.4 Å². The molecule has 2 aromatic heterocycles. The van der Waals surface area contributed by atoms with Crippen LogP contribution in [0, 0.1) is 0 Å². The predicted molar refractivity (Wildman–Crippen MR) is 55.0 cm³/mol. The normalized spacial score (nSPS) is 10.7. The Morgan fingerprint density at radius 2 is 2.00 bits per heavy atom. The molecular weight excluding hydrogens is 190 g/mol. The fourth-order valence-electron chi connectivity index (χ4n) is 1.57. The summed E-state index contributed by atoms with van der Waals surface area (Å²) in [7, 11) is 0. The Kier molecular flexibility index (Phi) is 1.71. The van der Waals surface area contributed by atoms with E-state index in [1.165, 1.54) is 6.39 Å². The lowest BCUT2D eigenvalue weighted by atomic mass is 10.1. The van der Waals surface area contributed by atoms with E-state index >= 15 is 0 Å². The molecule has 4 nitrogen and oxygen atoms in total. The zero-order valence-electron chi connectivity index (χ0n) is 7.79. The van der Waals surface area contributed by atoms with E-state index in [-0.39, 0.29) is 0 Å². The third-order valence-electron chi connectivity index (χ3n) is 2.24. The Balaban J connectivity index is 2.36. The highest BCUT2D eigenvalue weighted by Crippen LogP contribution is 2.24. The third-order valence-corrected chi connectivity index (χ3v) is 2.24. The van der Waals surface area contributed by atoms with Crippen LogP contribution < -0.4 is 0 Å². The summed E-state index contributed by atoms with van der Waals surface area (Å²) in [5, 5.41) is 8.58. The molecule has 0 aliphatic carbocycles. The number of pyridine rings is 1. The van der Waals surface area contributed by atoms with Crippen molar-refractivity contribution in [2.45, 2.75) is 0 Å². The van der Waals surface area contributed by atoms with Gasteiger partial charge in [-0.05, 0) is 12.1 Å². The summed E-state index contributed by atoms with van der Waals surface area (Å²) >= 11 is 0. The van der Waals surface area contributed by atoms with Gasteiger partial charge in [-0.25, -0.2) is 0 Å². The quantitative estimate of drug-likeness (QED) is 0.600. The van der Waals surface area contributed by atoms with Crippen molar-refractivity contribution in [2.75, 3.05) is 0 Å². The Labute approximate surface area is 85.6 Å². The summed E-state index contributed by atoms with van der Waals surface area (Å²) in [5.74, 6) is 0.522. The maximum Gasteiger partial charge on any atom is 0.248 e. The first kappa shape index (κ1) is 8.11. The van der Waals surface area contributed by atoms with Crippen molar-refractivity contribution >= 4 is 10.9 Å². The molecule has 3 rings (SSSR count). The van der Waals surface area contributed by atoms with Crippen molar-refractivity contribution in [3.8, 4) is 11.5 Å². The highest BCUT2D eigenvalue weighted by Gasteiger charge is 2.07. The smallest absolute Gasteiger partial charge is 0.248 e. The monoisotopic (exact) mass is 197 g/mol. The SMILES string of the molecule is c1ccc2c(-c3nnco3)ccnc2c1. The van der Waals surface area contributed by atoms with Gasteiger partial charge in [0.25, 0.3) is 0 Å². The molecule has 0 atom stereocenters. The summed E-state index contributed by atoms with van der Waals surface area (Å²) in [5.41, 5.74) is 1.84. The first-order chi connectivity index (χ1) is 7.45. The second kappa shape index (κ2) is 3.16. The van der Waals surface area contributed by atoms with Crippen LogP contribution in [0.2, 0.25) is 0 Å². The molecule has 0 fully saturated rings. The van der Waals surface area contributed by atoms with Gasteiger partial charge in [0.05, 0.1) is 5.52 Å². The molecular formula is C11H7N3O. The van der Waals surface area contributed by atoms with Crippen molar-refractivity contribution in [1.82, 2.24) is 15.2 Å². The molecule has 0 spiro atoms. The summed E-state index contributed by atoms with van der Waals surface area (Å²) in [6, 6.07) is 9.73. The minimum Gasteiger partial charge on any atom is -0.423 e. The number of fused-ring (bicyclic) bond motifs is 1. The number of para-hydroxylation sites is 1. The summed E-state index contributed by atoms with van der Waals surface area (Å²) in [6.45, 7) is 0. The van der Waals surface area contributed by atoms with Gasteiger partial charge in [0.1, 0.15) is 0 Å². The molecule has 3 aromatic rings. The highest BCUT2D eigenvalue weighted by atomic mass is 16.4. The molecule has 0 N–H and O–H groups in total. The van der Waals surface area contributed by atoms with Crippen molar-refractivity contribution < 1.29 is 4.42 Å². The van der Waals surface area contributed by atoms with Crippen LogP contribution in [0.4, 0.5) is 0 Å². The number of hydrogen-bond acceptors (Lipinski definition) is 4. The van der Waals surface area contributed by atoms with E-state index in [1.54, 1.807) is 6.20 Å². The lowest BCUT2D eigenvalue weighted by molar-refractivity contribution is 0.569. The Bertz CT molecular complexity index is 584. The van der Waals surface area contributed by atoms with Crippen LogP contribution in [0.1, 0.15) is 0 Å². The first-order valence-corrected chi connectivity index (χ1v) is 4.55. The molecule has 1 aromatic carbocycles. The van der Waals surface area contributed by atoms with Gasteiger partial charge in [0.2, 0.25) is 12.3 Å². The van der Waals surface area contributed by atoms with Crippen molar-refractivity contribution in [2.24, 2.45) is 0 Å². The standard InChI is InChI=1S/C11H7N3O/c1-2-4-10-8(3-1)9(5-6-12-10)11-14-13-7-15-11/h1-7H. The topological polar surface area (TPSA) is 51.8 Å². The fourth-order valence-corrected chi connectivity index (χ4v) is 1.57. The summed E-state index contributed by atoms with van der Waals surface area (Å²) in [6.07, 6.45) is 3.06. The lowest BCUT2D eigenvalue weighted by Crippen LogP contribution is -1.83. The van der Waals surface area contributed by atoms with E-state index in [2.05, 4.69) is 15.2 Å². The maximum atomic E-state index is 5.18. The number of rotatable bonds is 1. The zero-order valence-corrected chi connectivity index (χ0v) is 7.79. The minimum atomic E-state index is 0.522. The molecule has 72 valence electrons. The number of aromatic nitrogens is 3. The predicted octanol–water partition coefficient (Wildman–Crippen LogP) is 2.28. The van der Waals surface area contributed by atoms with Crippen molar-refractivity contribution in [3.63, 3.8) is 0 Å². The van der Waals surface area contributed by atoms with Gasteiger partial charge < -0.3 is 4.42 Å². The van der Waals surface area contributed by atoms with Crippen LogP contribution >= 0.6 is 0 Å². The van der Waals surface area contributed by atoms with Crippen LogP contribution in [-0.2, 0) is 0 Å². The van der Waals surface area contributed by atoms with E-state index in [4.69, 9.17) is 4.42 Å². The van der Waals surface area contributed by atoms with Crippen molar-refractivity contribution in [3.05, 3.63) is 42.9 Å². The van der Waals surface area contributed by atoms with Gasteiger partial charge in [0.15, 0.2) is 0 Å². The zero-order chi connectivity index (χ0) is 10.1. The average molecular weight is 197 g/mol. The van der Waals surface area contributed by atoms with Gasteiger partial charge in [-0.2, -0.15) is 0 Å². The number of nitrogens with zero attached hydrogens (tertiary/aromatic N) is 3. The molecule has 0 unspecified atom stereocenters. The molecule has 0 amide bonds. The van der Waals surface area contributed by atoms with Crippen LogP contribution in [-0.4, -0.2) is 15.2 Å². The molecule has 0 bridgehead atoms. The van der Waals surface area contributed by atoms with Crippen LogP contribution in [0.15, 0.2) is 47.3 Å².